The predicted octanol–water partition coefficient (Wildman–Crippen LogP) is 4.62. The topological polar surface area (TPSA) is 29.1 Å². The maximum absolute atomic E-state index is 12.2. The third kappa shape index (κ3) is 3.70. The zero-order valence-electron chi connectivity index (χ0n) is 11.1. The third-order valence-corrected chi connectivity index (χ3v) is 4.94. The van der Waals surface area contributed by atoms with Crippen LogP contribution < -0.4 is 5.32 Å². The van der Waals surface area contributed by atoms with E-state index in [0.717, 1.165) is 15.6 Å². The van der Waals surface area contributed by atoms with Gasteiger partial charge in [0.15, 0.2) is 0 Å². The van der Waals surface area contributed by atoms with Gasteiger partial charge in [-0.1, -0.05) is 58.4 Å². The summed E-state index contributed by atoms with van der Waals surface area (Å²) in [6.07, 6.45) is 0. The van der Waals surface area contributed by atoms with Gasteiger partial charge in [-0.15, -0.1) is 0 Å². The molecule has 0 bridgehead atoms. The number of aryl methyl sites for hydroxylation is 1. The number of rotatable bonds is 4. The molecule has 0 aliphatic rings. The van der Waals surface area contributed by atoms with Gasteiger partial charge in [0.05, 0.1) is 10.4 Å². The second kappa shape index (κ2) is 7.04. The van der Waals surface area contributed by atoms with Crippen molar-refractivity contribution in [3.05, 3.63) is 69.7 Å². The summed E-state index contributed by atoms with van der Waals surface area (Å²) < 4.78 is 0.850. The smallest absolute Gasteiger partial charge is 0.252 e. The van der Waals surface area contributed by atoms with Gasteiger partial charge in [0.25, 0.3) is 5.91 Å². The van der Waals surface area contributed by atoms with Crippen LogP contribution in [0.2, 0.25) is 0 Å². The summed E-state index contributed by atoms with van der Waals surface area (Å²) in [5.74, 6) is -0.0686. The fourth-order valence-electron chi connectivity index (χ4n) is 1.88. The van der Waals surface area contributed by atoms with Gasteiger partial charge in [0, 0.05) is 11.0 Å². The van der Waals surface area contributed by atoms with Crippen LogP contribution in [0.5, 0.6) is 0 Å². The Morgan fingerprint density at radius 2 is 1.85 bits per heavy atom. The number of hydrogen-bond acceptors (Lipinski definition) is 1. The number of carbonyl (C=O) groups excluding carboxylic acids is 1. The molecule has 0 fully saturated rings. The summed E-state index contributed by atoms with van der Waals surface area (Å²) in [4.78, 5) is 12.3. The third-order valence-electron chi connectivity index (χ3n) is 3.04. The zero-order chi connectivity index (χ0) is 14.5. The molecule has 0 saturated heterocycles. The maximum Gasteiger partial charge on any atom is 0.252 e. The first-order valence-electron chi connectivity index (χ1n) is 6.32. The predicted molar refractivity (Wildman–Crippen MR) is 89.3 cm³/mol. The van der Waals surface area contributed by atoms with E-state index >= 15 is 0 Å². The van der Waals surface area contributed by atoms with Crippen LogP contribution in [-0.2, 0) is 0 Å². The first kappa shape index (κ1) is 15.3. The largest absolute Gasteiger partial charge is 0.351 e. The average molecular weight is 397 g/mol. The van der Waals surface area contributed by atoms with Crippen molar-refractivity contribution in [1.82, 2.24) is 5.32 Å². The monoisotopic (exact) mass is 395 g/mol. The Hall–Kier alpha value is -1.13. The summed E-state index contributed by atoms with van der Waals surface area (Å²) in [5, 5.41) is 2.95. The molecule has 4 heteroatoms. The highest BCUT2D eigenvalue weighted by molar-refractivity contribution is 9.10. The molecular weight excluding hydrogens is 382 g/mol. The fourth-order valence-corrected chi connectivity index (χ4v) is 2.79. The van der Waals surface area contributed by atoms with Gasteiger partial charge in [-0.05, 0) is 40.0 Å². The van der Waals surface area contributed by atoms with E-state index in [1.807, 2.05) is 55.5 Å². The number of alkyl halides is 1. The van der Waals surface area contributed by atoms with Gasteiger partial charge < -0.3 is 5.32 Å². The lowest BCUT2D eigenvalue weighted by Crippen LogP contribution is -2.27. The number of carbonyl (C=O) groups is 1. The Kier molecular flexibility index (Phi) is 5.38. The van der Waals surface area contributed by atoms with Gasteiger partial charge >= 0.3 is 0 Å². The Bertz CT molecular complexity index is 599. The van der Waals surface area contributed by atoms with Gasteiger partial charge in [-0.3, -0.25) is 4.79 Å². The van der Waals surface area contributed by atoms with Crippen LogP contribution in [0.3, 0.4) is 0 Å². The second-order valence-corrected chi connectivity index (χ2v) is 6.42. The van der Waals surface area contributed by atoms with E-state index < -0.39 is 0 Å². The minimum Gasteiger partial charge on any atom is -0.351 e. The van der Waals surface area contributed by atoms with Gasteiger partial charge in [0.2, 0.25) is 0 Å². The summed E-state index contributed by atoms with van der Waals surface area (Å²) in [7, 11) is 0. The molecule has 2 nitrogen and oxygen atoms in total. The summed E-state index contributed by atoms with van der Waals surface area (Å²) in [6.45, 7) is 2.52. The highest BCUT2D eigenvalue weighted by Gasteiger charge is 2.13. The minimum atomic E-state index is -0.0686. The molecule has 2 rings (SSSR count). The molecule has 0 spiro atoms. The van der Waals surface area contributed by atoms with Crippen LogP contribution >= 0.6 is 31.9 Å². The van der Waals surface area contributed by atoms with Crippen LogP contribution in [0.15, 0.2) is 53.0 Å². The van der Waals surface area contributed by atoms with Gasteiger partial charge in [-0.2, -0.15) is 0 Å². The molecule has 0 aliphatic heterocycles. The van der Waals surface area contributed by atoms with Crippen LogP contribution in [0.25, 0.3) is 0 Å². The first-order valence-corrected chi connectivity index (χ1v) is 8.03. The van der Waals surface area contributed by atoms with Crippen LogP contribution in [0.4, 0.5) is 0 Å². The maximum atomic E-state index is 12.2. The highest BCUT2D eigenvalue weighted by atomic mass is 79.9. The van der Waals surface area contributed by atoms with Gasteiger partial charge in [0.1, 0.15) is 0 Å². The van der Waals surface area contributed by atoms with Crippen molar-refractivity contribution in [2.24, 2.45) is 0 Å². The summed E-state index contributed by atoms with van der Waals surface area (Å²) in [6, 6.07) is 15.7. The summed E-state index contributed by atoms with van der Waals surface area (Å²) >= 11 is 7.05. The number of benzene rings is 2. The molecule has 0 saturated carbocycles. The lowest BCUT2D eigenvalue weighted by atomic mass is 10.1. The van der Waals surface area contributed by atoms with E-state index in [2.05, 4.69) is 37.2 Å². The standard InChI is InChI=1S/C16H15Br2NO/c1-11-6-5-9-13(15(11)18)16(20)19-10-14(17)12-7-3-2-4-8-12/h2-9,14H,10H2,1H3,(H,19,20). The van der Waals surface area contributed by atoms with E-state index in [9.17, 15) is 4.79 Å². The van der Waals surface area contributed by atoms with E-state index in [0.29, 0.717) is 12.1 Å². The molecule has 0 radical (unpaired) electrons. The summed E-state index contributed by atoms with van der Waals surface area (Å²) in [5.41, 5.74) is 2.87. The van der Waals surface area contributed by atoms with Crippen molar-refractivity contribution in [2.75, 3.05) is 6.54 Å². The Morgan fingerprint density at radius 1 is 1.15 bits per heavy atom. The first-order chi connectivity index (χ1) is 9.59. The molecule has 0 aromatic heterocycles. The molecule has 1 N–H and O–H groups in total. The number of nitrogens with one attached hydrogen (secondary N) is 1. The zero-order valence-corrected chi connectivity index (χ0v) is 14.2. The van der Waals surface area contributed by atoms with E-state index in [1.54, 1.807) is 0 Å². The molecule has 2 aromatic carbocycles. The fraction of sp³-hybridized carbons (Fsp3) is 0.188. The lowest BCUT2D eigenvalue weighted by Gasteiger charge is -2.12. The highest BCUT2D eigenvalue weighted by Crippen LogP contribution is 2.23. The quantitative estimate of drug-likeness (QED) is 0.750. The normalized spacial score (nSPS) is 11.9. The molecule has 20 heavy (non-hydrogen) atoms. The molecule has 1 unspecified atom stereocenters. The van der Waals surface area contributed by atoms with Crippen LogP contribution in [-0.4, -0.2) is 12.5 Å². The molecular formula is C16H15Br2NO. The number of hydrogen-bond donors (Lipinski definition) is 1. The molecule has 104 valence electrons. The lowest BCUT2D eigenvalue weighted by molar-refractivity contribution is 0.0953. The second-order valence-electron chi connectivity index (χ2n) is 4.52. The minimum absolute atomic E-state index is 0.0686. The van der Waals surface area contributed by atoms with Crippen molar-refractivity contribution in [2.45, 2.75) is 11.8 Å². The van der Waals surface area contributed by atoms with E-state index in [-0.39, 0.29) is 10.7 Å². The average Bonchev–Trinajstić information content (AvgIpc) is 2.48. The SMILES string of the molecule is Cc1cccc(C(=O)NCC(Br)c2ccccc2)c1Br. The Balaban J connectivity index is 2.01. The molecule has 0 heterocycles. The molecule has 0 aliphatic carbocycles. The molecule has 1 atom stereocenters. The van der Waals surface area contributed by atoms with Crippen molar-refractivity contribution in [3.8, 4) is 0 Å². The Labute approximate surface area is 135 Å². The van der Waals surface area contributed by atoms with Crippen LogP contribution in [0.1, 0.15) is 26.3 Å². The van der Waals surface area contributed by atoms with Crippen LogP contribution in [0, 0.1) is 6.92 Å². The molecule has 1 amide bonds. The number of amides is 1. The Morgan fingerprint density at radius 3 is 2.55 bits per heavy atom. The molecule has 2 aromatic rings. The van der Waals surface area contributed by atoms with E-state index in [1.165, 1.54) is 0 Å². The van der Waals surface area contributed by atoms with Crippen molar-refractivity contribution in [3.63, 3.8) is 0 Å². The van der Waals surface area contributed by atoms with Crippen molar-refractivity contribution < 1.29 is 4.79 Å². The number of halogens is 2. The van der Waals surface area contributed by atoms with Gasteiger partial charge in [-0.25, -0.2) is 0 Å². The van der Waals surface area contributed by atoms with Crippen molar-refractivity contribution in [1.29, 1.82) is 0 Å². The van der Waals surface area contributed by atoms with Crippen molar-refractivity contribution >= 4 is 37.8 Å². The van der Waals surface area contributed by atoms with E-state index in [4.69, 9.17) is 0 Å².